The molecule has 1 aliphatic rings. The van der Waals surface area contributed by atoms with Gasteiger partial charge < -0.3 is 10.6 Å². The van der Waals surface area contributed by atoms with E-state index < -0.39 is 10.0 Å². The van der Waals surface area contributed by atoms with Crippen LogP contribution >= 0.6 is 12.2 Å². The molecule has 1 aliphatic heterocycles. The molecule has 1 fully saturated rings. The minimum atomic E-state index is -3.70. The van der Waals surface area contributed by atoms with Crippen LogP contribution in [0, 0.1) is 0 Å². The molecule has 1 saturated heterocycles. The molecule has 2 N–H and O–H groups in total. The average molecular weight is 313 g/mol. The van der Waals surface area contributed by atoms with Crippen molar-refractivity contribution in [3.05, 3.63) is 29.8 Å². The molecule has 2 rings (SSSR count). The molecule has 1 heterocycles. The van der Waals surface area contributed by atoms with Crippen LogP contribution in [0.3, 0.4) is 0 Å². The smallest absolute Gasteiger partial charge is 0.243 e. The lowest BCUT2D eigenvalue weighted by atomic mass is 10.2. The van der Waals surface area contributed by atoms with Gasteiger partial charge in [0.25, 0.3) is 0 Å². The number of hydrogen-bond donors (Lipinski definition) is 1. The zero-order valence-electron chi connectivity index (χ0n) is 10.9. The van der Waals surface area contributed by atoms with Crippen LogP contribution in [-0.4, -0.2) is 55.2 Å². The molecule has 0 spiro atoms. The van der Waals surface area contributed by atoms with E-state index in [2.05, 4.69) is 0 Å². The summed E-state index contributed by atoms with van der Waals surface area (Å²) in [6, 6.07) is 6.14. The summed E-state index contributed by atoms with van der Waals surface area (Å²) in [5.74, 6) is -0.217. The molecule has 0 radical (unpaired) electrons. The summed E-state index contributed by atoms with van der Waals surface area (Å²) in [5, 5.41) is 0. The number of carbonyl (C=O) groups excluding carboxylic acids is 1. The largest absolute Gasteiger partial charge is 0.389 e. The molecule has 108 valence electrons. The normalized spacial score (nSPS) is 17.2. The van der Waals surface area contributed by atoms with E-state index in [4.69, 9.17) is 18.0 Å². The van der Waals surface area contributed by atoms with Gasteiger partial charge in [-0.05, 0) is 12.1 Å². The van der Waals surface area contributed by atoms with Crippen LogP contribution in [0.15, 0.2) is 29.2 Å². The van der Waals surface area contributed by atoms with Gasteiger partial charge in [0.15, 0.2) is 0 Å². The number of thiocarbonyl (C=S) groups is 1. The maximum atomic E-state index is 12.5. The number of benzene rings is 1. The van der Waals surface area contributed by atoms with E-state index in [1.165, 1.54) is 21.3 Å². The van der Waals surface area contributed by atoms with Gasteiger partial charge in [-0.2, -0.15) is 4.31 Å². The van der Waals surface area contributed by atoms with E-state index in [-0.39, 0.29) is 28.9 Å². The molecule has 0 bridgehead atoms. The van der Waals surface area contributed by atoms with E-state index >= 15 is 0 Å². The van der Waals surface area contributed by atoms with Crippen molar-refractivity contribution in [1.82, 2.24) is 9.21 Å². The molecule has 6 nitrogen and oxygen atoms in total. The fraction of sp³-hybridized carbons (Fsp3) is 0.333. The minimum Gasteiger partial charge on any atom is -0.389 e. The lowest BCUT2D eigenvalue weighted by molar-refractivity contribution is -0.132. The van der Waals surface area contributed by atoms with Crippen molar-refractivity contribution >= 4 is 33.1 Å². The van der Waals surface area contributed by atoms with Gasteiger partial charge in [-0.25, -0.2) is 8.42 Å². The molecule has 1 amide bonds. The van der Waals surface area contributed by atoms with Crippen molar-refractivity contribution in [2.75, 3.05) is 26.7 Å². The van der Waals surface area contributed by atoms with E-state index in [0.29, 0.717) is 12.1 Å². The molecule has 1 aromatic carbocycles. The predicted octanol–water partition coefficient (Wildman–Crippen LogP) is -0.216. The van der Waals surface area contributed by atoms with Crippen LogP contribution in [0.2, 0.25) is 0 Å². The topological polar surface area (TPSA) is 83.7 Å². The van der Waals surface area contributed by atoms with Crippen molar-refractivity contribution in [2.45, 2.75) is 4.90 Å². The second-order valence-electron chi connectivity index (χ2n) is 4.55. The zero-order chi connectivity index (χ0) is 14.9. The summed E-state index contributed by atoms with van der Waals surface area (Å²) in [5.41, 5.74) is 5.99. The second-order valence-corrected chi connectivity index (χ2v) is 6.92. The summed E-state index contributed by atoms with van der Waals surface area (Å²) < 4.78 is 26.1. The number of likely N-dealkylation sites (N-methyl/N-ethyl adjacent to an activating group) is 1. The number of sulfonamides is 1. The van der Waals surface area contributed by atoms with E-state index in [1.807, 2.05) is 0 Å². The van der Waals surface area contributed by atoms with E-state index in [9.17, 15) is 13.2 Å². The van der Waals surface area contributed by atoms with Gasteiger partial charge in [0.1, 0.15) is 4.99 Å². The zero-order valence-corrected chi connectivity index (χ0v) is 12.6. The Hall–Kier alpha value is -1.51. The number of nitrogens with zero attached hydrogens (tertiary/aromatic N) is 2. The second kappa shape index (κ2) is 5.47. The Morgan fingerprint density at radius 3 is 2.65 bits per heavy atom. The van der Waals surface area contributed by atoms with Gasteiger partial charge in [0.05, 0.1) is 11.4 Å². The molecule has 20 heavy (non-hydrogen) atoms. The Kier molecular flexibility index (Phi) is 4.07. The first kappa shape index (κ1) is 14.9. The highest BCUT2D eigenvalue weighted by molar-refractivity contribution is 7.89. The molecular weight excluding hydrogens is 298 g/mol. The highest BCUT2D eigenvalue weighted by atomic mass is 32.2. The molecule has 0 aliphatic carbocycles. The van der Waals surface area contributed by atoms with Crippen molar-refractivity contribution in [3.63, 3.8) is 0 Å². The van der Waals surface area contributed by atoms with Crippen molar-refractivity contribution in [1.29, 1.82) is 0 Å². The molecular formula is C12H15N3O3S2. The number of nitrogens with two attached hydrogens (primary N) is 1. The van der Waals surface area contributed by atoms with Crippen molar-refractivity contribution in [3.8, 4) is 0 Å². The minimum absolute atomic E-state index is 0.0974. The van der Waals surface area contributed by atoms with Gasteiger partial charge in [0, 0.05) is 25.7 Å². The monoisotopic (exact) mass is 313 g/mol. The standard InChI is InChI=1S/C12H15N3O3S2/c1-14-5-6-15(8-11(14)16)20(17,18)10-4-2-3-9(7-10)12(13)19/h2-4,7H,5-6,8H2,1H3,(H2,13,19). The summed E-state index contributed by atoms with van der Waals surface area (Å²) in [7, 11) is -2.05. The Balaban J connectivity index is 2.33. The van der Waals surface area contributed by atoms with Crippen LogP contribution < -0.4 is 5.73 Å². The quantitative estimate of drug-likeness (QED) is 0.780. The summed E-state index contributed by atoms with van der Waals surface area (Å²) in [4.78, 5) is 13.4. The summed E-state index contributed by atoms with van der Waals surface area (Å²) >= 11 is 4.84. The first-order valence-corrected chi connectivity index (χ1v) is 7.81. The van der Waals surface area contributed by atoms with Crippen LogP contribution in [0.5, 0.6) is 0 Å². The Bertz CT molecular complexity index is 658. The highest BCUT2D eigenvalue weighted by Gasteiger charge is 2.31. The van der Waals surface area contributed by atoms with Crippen LogP contribution in [0.1, 0.15) is 5.56 Å². The highest BCUT2D eigenvalue weighted by Crippen LogP contribution is 2.18. The van der Waals surface area contributed by atoms with Gasteiger partial charge >= 0.3 is 0 Å². The fourth-order valence-electron chi connectivity index (χ4n) is 1.90. The van der Waals surface area contributed by atoms with E-state index in [1.54, 1.807) is 19.2 Å². The van der Waals surface area contributed by atoms with Crippen LogP contribution in [0.4, 0.5) is 0 Å². The van der Waals surface area contributed by atoms with Crippen LogP contribution in [-0.2, 0) is 14.8 Å². The third-order valence-electron chi connectivity index (χ3n) is 3.18. The number of rotatable bonds is 3. The van der Waals surface area contributed by atoms with Crippen LogP contribution in [0.25, 0.3) is 0 Å². The van der Waals surface area contributed by atoms with E-state index in [0.717, 1.165) is 0 Å². The van der Waals surface area contributed by atoms with Gasteiger partial charge in [-0.1, -0.05) is 24.4 Å². The first-order chi connectivity index (χ1) is 9.32. The Labute approximate surface area is 123 Å². The maximum Gasteiger partial charge on any atom is 0.243 e. The van der Waals surface area contributed by atoms with Gasteiger partial charge in [0.2, 0.25) is 15.9 Å². The molecule has 0 atom stereocenters. The number of hydrogen-bond acceptors (Lipinski definition) is 4. The molecule has 8 heteroatoms. The fourth-order valence-corrected chi connectivity index (χ4v) is 3.45. The lowest BCUT2D eigenvalue weighted by Gasteiger charge is -2.31. The number of amides is 1. The van der Waals surface area contributed by atoms with Gasteiger partial charge in [-0.3, -0.25) is 4.79 Å². The maximum absolute atomic E-state index is 12.5. The summed E-state index contributed by atoms with van der Waals surface area (Å²) in [6.45, 7) is 0.519. The molecule has 0 unspecified atom stereocenters. The Morgan fingerprint density at radius 1 is 1.35 bits per heavy atom. The molecule has 0 aromatic heterocycles. The average Bonchev–Trinajstić information content (AvgIpc) is 2.42. The molecule has 1 aromatic rings. The van der Waals surface area contributed by atoms with Crippen molar-refractivity contribution < 1.29 is 13.2 Å². The third-order valence-corrected chi connectivity index (χ3v) is 5.26. The number of piperazine rings is 1. The SMILES string of the molecule is CN1CCN(S(=O)(=O)c2cccc(C(N)=S)c2)CC1=O. The summed E-state index contributed by atoms with van der Waals surface area (Å²) in [6.07, 6.45) is 0. The Morgan fingerprint density at radius 2 is 2.05 bits per heavy atom. The first-order valence-electron chi connectivity index (χ1n) is 5.96. The molecule has 0 saturated carbocycles. The predicted molar refractivity (Wildman–Crippen MR) is 78.7 cm³/mol. The lowest BCUT2D eigenvalue weighted by Crippen LogP contribution is -2.50. The van der Waals surface area contributed by atoms with Gasteiger partial charge in [-0.15, -0.1) is 0 Å². The number of carbonyl (C=O) groups is 1. The van der Waals surface area contributed by atoms with Crippen molar-refractivity contribution in [2.24, 2.45) is 5.73 Å². The third kappa shape index (κ3) is 2.82.